The molecule has 0 aliphatic heterocycles. The summed E-state index contributed by atoms with van der Waals surface area (Å²) in [6.45, 7) is 7.04. The van der Waals surface area contributed by atoms with Crippen molar-refractivity contribution >= 4 is 29.3 Å². The average Bonchev–Trinajstić information content (AvgIpc) is 3.51. The third-order valence-corrected chi connectivity index (χ3v) is 5.08. The molecule has 29 heavy (non-hydrogen) atoms. The van der Waals surface area contributed by atoms with E-state index < -0.39 is 5.91 Å². The molecule has 0 atom stereocenters. The number of benzene rings is 1. The van der Waals surface area contributed by atoms with Crippen LogP contribution in [0.3, 0.4) is 0 Å². The number of nitrogens with zero attached hydrogens (tertiary/aromatic N) is 2. The number of hydrogen-bond donors (Lipinski definition) is 2. The van der Waals surface area contributed by atoms with Gasteiger partial charge in [0.2, 0.25) is 5.91 Å². The fraction of sp³-hybridized carbons (Fsp3) is 0.348. The molecule has 1 aromatic carbocycles. The first-order valence-electron chi connectivity index (χ1n) is 9.93. The van der Waals surface area contributed by atoms with E-state index in [1.54, 1.807) is 30.3 Å². The van der Waals surface area contributed by atoms with Gasteiger partial charge in [-0.3, -0.25) is 9.59 Å². The van der Waals surface area contributed by atoms with Crippen LogP contribution in [0.15, 0.2) is 35.9 Å². The molecule has 6 heteroatoms. The molecule has 0 saturated heterocycles. The average molecular weight is 390 g/mol. The lowest BCUT2D eigenvalue weighted by molar-refractivity contribution is -0.117. The van der Waals surface area contributed by atoms with Crippen molar-refractivity contribution in [2.75, 3.05) is 10.6 Å². The molecule has 1 saturated carbocycles. The number of rotatable bonds is 7. The minimum absolute atomic E-state index is 0.0390. The highest BCUT2D eigenvalue weighted by atomic mass is 16.2. The van der Waals surface area contributed by atoms with E-state index in [4.69, 9.17) is 0 Å². The number of nitrogens with one attached hydrogen (secondary N) is 2. The third-order valence-electron chi connectivity index (χ3n) is 5.08. The Morgan fingerprint density at radius 3 is 2.34 bits per heavy atom. The normalized spacial score (nSPS) is 13.7. The van der Waals surface area contributed by atoms with Crippen LogP contribution in [0.2, 0.25) is 0 Å². The summed E-state index contributed by atoms with van der Waals surface area (Å²) in [5, 5.41) is 15.1. The maximum atomic E-state index is 12.6. The van der Waals surface area contributed by atoms with Gasteiger partial charge in [-0.2, -0.15) is 5.26 Å². The van der Waals surface area contributed by atoms with Crippen molar-refractivity contribution in [1.82, 2.24) is 4.57 Å². The second kappa shape index (κ2) is 8.78. The van der Waals surface area contributed by atoms with Crippen LogP contribution in [-0.2, 0) is 16.1 Å². The second-order valence-corrected chi connectivity index (χ2v) is 7.44. The van der Waals surface area contributed by atoms with Crippen molar-refractivity contribution in [1.29, 1.82) is 5.26 Å². The van der Waals surface area contributed by atoms with E-state index in [1.807, 2.05) is 26.0 Å². The zero-order valence-electron chi connectivity index (χ0n) is 17.1. The van der Waals surface area contributed by atoms with E-state index in [0.29, 0.717) is 11.4 Å². The molecular weight excluding hydrogens is 364 g/mol. The molecule has 0 radical (unpaired) electrons. The monoisotopic (exact) mass is 390 g/mol. The van der Waals surface area contributed by atoms with Gasteiger partial charge in [0.05, 0.1) is 0 Å². The maximum Gasteiger partial charge on any atom is 0.266 e. The first-order valence-corrected chi connectivity index (χ1v) is 9.93. The van der Waals surface area contributed by atoms with E-state index in [9.17, 15) is 14.9 Å². The van der Waals surface area contributed by atoms with Crippen molar-refractivity contribution < 1.29 is 9.59 Å². The number of carbonyl (C=O) groups is 2. The summed E-state index contributed by atoms with van der Waals surface area (Å²) in [7, 11) is 0. The highest BCUT2D eigenvalue weighted by molar-refractivity contribution is 6.09. The lowest BCUT2D eigenvalue weighted by Gasteiger charge is -2.08. The third kappa shape index (κ3) is 4.94. The van der Waals surface area contributed by atoms with Crippen LogP contribution in [0.25, 0.3) is 6.08 Å². The van der Waals surface area contributed by atoms with Crippen molar-refractivity contribution in [2.24, 2.45) is 5.92 Å². The first-order chi connectivity index (χ1) is 13.9. The molecule has 1 aliphatic rings. The molecule has 2 aromatic rings. The smallest absolute Gasteiger partial charge is 0.266 e. The van der Waals surface area contributed by atoms with Crippen LogP contribution in [-0.4, -0.2) is 16.4 Å². The van der Waals surface area contributed by atoms with Gasteiger partial charge in [0.25, 0.3) is 5.91 Å². The Kier molecular flexibility index (Phi) is 6.18. The zero-order chi connectivity index (χ0) is 21.0. The second-order valence-electron chi connectivity index (χ2n) is 7.44. The molecule has 1 aliphatic carbocycles. The molecule has 0 bridgehead atoms. The largest absolute Gasteiger partial charge is 0.349 e. The Bertz CT molecular complexity index is 989. The van der Waals surface area contributed by atoms with Crippen LogP contribution in [0.5, 0.6) is 0 Å². The van der Waals surface area contributed by atoms with Crippen molar-refractivity contribution in [2.45, 2.75) is 46.6 Å². The van der Waals surface area contributed by atoms with E-state index in [1.165, 1.54) is 0 Å². The Labute approximate surface area is 171 Å². The SMILES string of the molecule is CCCn1c(C)cc(/C=C(\C#N)C(=O)Nc2ccc(NC(=O)C3CC3)cc2)c1C. The number of carbonyl (C=O) groups excluding carboxylic acids is 2. The van der Waals surface area contributed by atoms with Crippen LogP contribution in [0.4, 0.5) is 11.4 Å². The molecule has 2 amide bonds. The van der Waals surface area contributed by atoms with Gasteiger partial charge < -0.3 is 15.2 Å². The zero-order valence-corrected chi connectivity index (χ0v) is 17.1. The Morgan fingerprint density at radius 2 is 1.79 bits per heavy atom. The first kappa shape index (κ1) is 20.4. The van der Waals surface area contributed by atoms with Crippen molar-refractivity contribution in [3.63, 3.8) is 0 Å². The van der Waals surface area contributed by atoms with E-state index in [-0.39, 0.29) is 17.4 Å². The number of nitriles is 1. The molecule has 2 N–H and O–H groups in total. The molecule has 1 aromatic heterocycles. The fourth-order valence-electron chi connectivity index (χ4n) is 3.27. The van der Waals surface area contributed by atoms with Crippen molar-refractivity contribution in [3.05, 3.63) is 52.9 Å². The number of anilines is 2. The van der Waals surface area contributed by atoms with E-state index >= 15 is 0 Å². The van der Waals surface area contributed by atoms with Gasteiger partial charge >= 0.3 is 0 Å². The molecule has 1 heterocycles. The van der Waals surface area contributed by atoms with Gasteiger partial charge in [-0.25, -0.2) is 0 Å². The summed E-state index contributed by atoms with van der Waals surface area (Å²) in [5.41, 5.74) is 4.34. The number of hydrogen-bond acceptors (Lipinski definition) is 3. The standard InChI is InChI=1S/C23H26N4O2/c1-4-11-27-15(2)12-18(16(27)3)13-19(14-24)23(29)26-21-9-7-20(8-10-21)25-22(28)17-5-6-17/h7-10,12-13,17H,4-6,11H2,1-3H3,(H,25,28)(H,26,29)/b19-13+. The Hall–Kier alpha value is -3.33. The van der Waals surface area contributed by atoms with E-state index in [0.717, 1.165) is 42.8 Å². The molecule has 0 unspecified atom stereocenters. The summed E-state index contributed by atoms with van der Waals surface area (Å²) >= 11 is 0. The maximum absolute atomic E-state index is 12.6. The molecule has 150 valence electrons. The molecular formula is C23H26N4O2. The Morgan fingerprint density at radius 1 is 1.17 bits per heavy atom. The fourth-order valence-corrected chi connectivity index (χ4v) is 3.27. The highest BCUT2D eigenvalue weighted by Crippen LogP contribution is 2.30. The van der Waals surface area contributed by atoms with Gasteiger partial charge in [0, 0.05) is 35.2 Å². The van der Waals surface area contributed by atoms with Crippen LogP contribution < -0.4 is 10.6 Å². The minimum atomic E-state index is -0.456. The quantitative estimate of drug-likeness (QED) is 0.542. The van der Waals surface area contributed by atoms with Crippen LogP contribution in [0.1, 0.15) is 43.1 Å². The highest BCUT2D eigenvalue weighted by Gasteiger charge is 2.29. The Balaban J connectivity index is 1.70. The predicted octanol–water partition coefficient (Wildman–Crippen LogP) is 4.41. The molecule has 1 fully saturated rings. The minimum Gasteiger partial charge on any atom is -0.349 e. The van der Waals surface area contributed by atoms with Gasteiger partial charge in [-0.1, -0.05) is 6.92 Å². The predicted molar refractivity (Wildman–Crippen MR) is 114 cm³/mol. The van der Waals surface area contributed by atoms with Gasteiger partial charge in [0.15, 0.2) is 0 Å². The van der Waals surface area contributed by atoms with E-state index in [2.05, 4.69) is 22.1 Å². The summed E-state index contributed by atoms with van der Waals surface area (Å²) in [4.78, 5) is 24.4. The lowest BCUT2D eigenvalue weighted by Crippen LogP contribution is -2.14. The van der Waals surface area contributed by atoms with Crippen LogP contribution >= 0.6 is 0 Å². The molecule has 6 nitrogen and oxygen atoms in total. The molecule has 3 rings (SSSR count). The van der Waals surface area contributed by atoms with Gasteiger partial charge in [0.1, 0.15) is 11.6 Å². The van der Waals surface area contributed by atoms with Gasteiger partial charge in [-0.15, -0.1) is 0 Å². The number of aryl methyl sites for hydroxylation is 1. The molecule has 0 spiro atoms. The number of amides is 2. The summed E-state index contributed by atoms with van der Waals surface area (Å²) < 4.78 is 2.19. The summed E-state index contributed by atoms with van der Waals surface area (Å²) in [6.07, 6.45) is 4.55. The number of aromatic nitrogens is 1. The lowest BCUT2D eigenvalue weighted by atomic mass is 10.1. The van der Waals surface area contributed by atoms with Crippen molar-refractivity contribution in [3.8, 4) is 6.07 Å². The topological polar surface area (TPSA) is 86.9 Å². The summed E-state index contributed by atoms with van der Waals surface area (Å²) in [5.74, 6) is -0.281. The van der Waals surface area contributed by atoms with Gasteiger partial charge in [-0.05, 0) is 75.1 Å². The summed E-state index contributed by atoms with van der Waals surface area (Å²) in [6, 6.07) is 10.9. The van der Waals surface area contributed by atoms with Crippen LogP contribution in [0, 0.1) is 31.1 Å².